The van der Waals surface area contributed by atoms with Gasteiger partial charge in [0.05, 0.1) is 16.9 Å². The zero-order chi connectivity index (χ0) is 18.8. The molecule has 2 aliphatic rings. The largest absolute Gasteiger partial charge is 0.359 e. The van der Waals surface area contributed by atoms with Crippen LogP contribution in [0.1, 0.15) is 29.4 Å². The summed E-state index contributed by atoms with van der Waals surface area (Å²) in [5, 5.41) is 9.53. The number of hydrogen-bond donors (Lipinski definition) is 1. The standard InChI is InChI=1S/C23H20N4O/c1-14-12-20-17-8-2-3-10-19(17)24-23(27(20)25-14)18-13-21(28)26-11-5-7-15-6-4-9-16(18)22(15)26/h2-4,6,8-10,12-13,23-24H,5,7,11H2,1H3/t23-/m1/s1. The van der Waals surface area contributed by atoms with Crippen molar-refractivity contribution in [3.05, 3.63) is 81.8 Å². The highest BCUT2D eigenvalue weighted by Crippen LogP contribution is 2.40. The van der Waals surface area contributed by atoms with Gasteiger partial charge in [-0.25, -0.2) is 4.68 Å². The lowest BCUT2D eigenvalue weighted by atomic mass is 9.96. The molecule has 0 spiro atoms. The number of rotatable bonds is 1. The van der Waals surface area contributed by atoms with Gasteiger partial charge in [0, 0.05) is 34.8 Å². The molecule has 2 aromatic heterocycles. The van der Waals surface area contributed by atoms with Crippen molar-refractivity contribution in [1.82, 2.24) is 14.3 Å². The fourth-order valence-electron chi connectivity index (χ4n) is 4.78. The Balaban J connectivity index is 1.66. The van der Waals surface area contributed by atoms with Gasteiger partial charge in [-0.2, -0.15) is 5.10 Å². The molecule has 1 N–H and O–H groups in total. The van der Waals surface area contributed by atoms with Crippen molar-refractivity contribution in [3.8, 4) is 11.3 Å². The Kier molecular flexibility index (Phi) is 3.13. The van der Waals surface area contributed by atoms with E-state index >= 15 is 0 Å². The minimum atomic E-state index is -0.210. The number of nitrogens with one attached hydrogen (secondary N) is 1. The van der Waals surface area contributed by atoms with Gasteiger partial charge in [-0.1, -0.05) is 36.4 Å². The van der Waals surface area contributed by atoms with Crippen molar-refractivity contribution < 1.29 is 0 Å². The number of anilines is 1. The number of pyridine rings is 1. The molecule has 0 fully saturated rings. The molecule has 0 saturated heterocycles. The zero-order valence-corrected chi connectivity index (χ0v) is 15.6. The van der Waals surface area contributed by atoms with Gasteiger partial charge in [-0.15, -0.1) is 0 Å². The Labute approximate surface area is 162 Å². The van der Waals surface area contributed by atoms with E-state index in [1.54, 1.807) is 6.07 Å². The quantitative estimate of drug-likeness (QED) is 0.550. The van der Waals surface area contributed by atoms with Gasteiger partial charge in [-0.3, -0.25) is 4.79 Å². The van der Waals surface area contributed by atoms with Crippen LogP contribution in [0.3, 0.4) is 0 Å². The summed E-state index contributed by atoms with van der Waals surface area (Å²) in [5.41, 5.74) is 7.66. The van der Waals surface area contributed by atoms with E-state index in [2.05, 4.69) is 41.7 Å². The summed E-state index contributed by atoms with van der Waals surface area (Å²) in [7, 11) is 0. The van der Waals surface area contributed by atoms with E-state index in [1.807, 2.05) is 28.3 Å². The first-order chi connectivity index (χ1) is 13.7. The average Bonchev–Trinajstić information content (AvgIpc) is 3.12. The van der Waals surface area contributed by atoms with Gasteiger partial charge in [0.1, 0.15) is 6.17 Å². The molecule has 0 unspecified atom stereocenters. The molecule has 0 bridgehead atoms. The monoisotopic (exact) mass is 368 g/mol. The number of aromatic nitrogens is 3. The molecule has 0 radical (unpaired) electrons. The third-order valence-electron chi connectivity index (χ3n) is 5.97. The fraction of sp³-hybridized carbons (Fsp3) is 0.217. The summed E-state index contributed by atoms with van der Waals surface area (Å²) >= 11 is 0. The first-order valence-electron chi connectivity index (χ1n) is 9.78. The Morgan fingerprint density at radius 1 is 1.11 bits per heavy atom. The zero-order valence-electron chi connectivity index (χ0n) is 15.6. The number of aryl methyl sites for hydroxylation is 3. The van der Waals surface area contributed by atoms with Crippen LogP contribution in [0.5, 0.6) is 0 Å². The fourth-order valence-corrected chi connectivity index (χ4v) is 4.78. The molecular formula is C23H20N4O. The predicted octanol–water partition coefficient (Wildman–Crippen LogP) is 4.09. The van der Waals surface area contributed by atoms with Crippen LogP contribution in [0.2, 0.25) is 0 Å². The molecule has 5 heteroatoms. The van der Waals surface area contributed by atoms with Crippen molar-refractivity contribution in [1.29, 1.82) is 0 Å². The second-order valence-corrected chi connectivity index (χ2v) is 7.71. The summed E-state index contributed by atoms with van der Waals surface area (Å²) in [4.78, 5) is 13.0. The lowest BCUT2D eigenvalue weighted by Crippen LogP contribution is -2.30. The summed E-state index contributed by atoms with van der Waals surface area (Å²) in [6.45, 7) is 2.80. The van der Waals surface area contributed by atoms with E-state index in [4.69, 9.17) is 5.10 Å². The molecular weight excluding hydrogens is 348 g/mol. The Bertz CT molecular complexity index is 1310. The molecule has 0 aliphatic carbocycles. The Hall–Kier alpha value is -3.34. The van der Waals surface area contributed by atoms with Crippen LogP contribution in [-0.2, 0) is 13.0 Å². The number of fused-ring (bicyclic) bond motifs is 3. The van der Waals surface area contributed by atoms with Crippen molar-refractivity contribution in [3.63, 3.8) is 0 Å². The smallest absolute Gasteiger partial charge is 0.251 e. The minimum absolute atomic E-state index is 0.0701. The summed E-state index contributed by atoms with van der Waals surface area (Å²) < 4.78 is 3.96. The van der Waals surface area contributed by atoms with E-state index in [0.717, 1.165) is 58.5 Å². The Morgan fingerprint density at radius 3 is 2.93 bits per heavy atom. The Morgan fingerprint density at radius 2 is 2.00 bits per heavy atom. The molecule has 0 saturated carbocycles. The molecule has 0 amide bonds. The molecule has 1 atom stereocenters. The summed E-state index contributed by atoms with van der Waals surface area (Å²) in [6, 6.07) is 18.6. The van der Waals surface area contributed by atoms with Crippen LogP contribution < -0.4 is 10.9 Å². The van der Waals surface area contributed by atoms with Gasteiger partial charge in [0.2, 0.25) is 0 Å². The third kappa shape index (κ3) is 2.07. The first kappa shape index (κ1) is 15.7. The van der Waals surface area contributed by atoms with Crippen LogP contribution in [0.15, 0.2) is 59.4 Å². The summed E-state index contributed by atoms with van der Waals surface area (Å²) in [5.74, 6) is 0. The lowest BCUT2D eigenvalue weighted by molar-refractivity contribution is 0.568. The average molecular weight is 368 g/mol. The number of nitrogens with zero attached hydrogens (tertiary/aromatic N) is 3. The van der Waals surface area contributed by atoms with Gasteiger partial charge >= 0.3 is 0 Å². The maximum atomic E-state index is 13.0. The van der Waals surface area contributed by atoms with Gasteiger partial charge in [0.15, 0.2) is 0 Å². The number of para-hydroxylation sites is 2. The van der Waals surface area contributed by atoms with E-state index < -0.39 is 0 Å². The van der Waals surface area contributed by atoms with Gasteiger partial charge in [-0.05, 0) is 37.5 Å². The molecule has 2 aromatic carbocycles. The SMILES string of the molecule is Cc1cc2n(n1)[C@H](c1cc(=O)n3c4c(cccc14)CCC3)Nc1ccccc1-2. The van der Waals surface area contributed by atoms with Crippen molar-refractivity contribution in [2.45, 2.75) is 32.5 Å². The molecule has 138 valence electrons. The van der Waals surface area contributed by atoms with E-state index in [-0.39, 0.29) is 11.7 Å². The topological polar surface area (TPSA) is 51.9 Å². The molecule has 28 heavy (non-hydrogen) atoms. The van der Waals surface area contributed by atoms with Crippen molar-refractivity contribution in [2.24, 2.45) is 0 Å². The normalized spacial score (nSPS) is 17.1. The lowest BCUT2D eigenvalue weighted by Gasteiger charge is -2.31. The molecule has 4 heterocycles. The van der Waals surface area contributed by atoms with Crippen molar-refractivity contribution >= 4 is 16.6 Å². The first-order valence-corrected chi connectivity index (χ1v) is 9.78. The summed E-state index contributed by atoms with van der Waals surface area (Å²) in [6.07, 6.45) is 1.83. The molecule has 6 rings (SSSR count). The van der Waals surface area contributed by atoms with Gasteiger partial charge in [0.25, 0.3) is 5.56 Å². The third-order valence-corrected chi connectivity index (χ3v) is 5.97. The van der Waals surface area contributed by atoms with Crippen LogP contribution in [-0.4, -0.2) is 14.3 Å². The van der Waals surface area contributed by atoms with E-state index in [9.17, 15) is 4.79 Å². The maximum absolute atomic E-state index is 13.0. The molecule has 5 nitrogen and oxygen atoms in total. The second kappa shape index (κ2) is 5.58. The minimum Gasteiger partial charge on any atom is -0.359 e. The highest BCUT2D eigenvalue weighted by molar-refractivity contribution is 5.88. The number of hydrogen-bond acceptors (Lipinski definition) is 3. The van der Waals surface area contributed by atoms with Crippen LogP contribution in [0.4, 0.5) is 5.69 Å². The number of benzene rings is 2. The van der Waals surface area contributed by atoms with Crippen LogP contribution >= 0.6 is 0 Å². The predicted molar refractivity (Wildman–Crippen MR) is 111 cm³/mol. The highest BCUT2D eigenvalue weighted by atomic mass is 16.1. The second-order valence-electron chi connectivity index (χ2n) is 7.71. The van der Waals surface area contributed by atoms with Gasteiger partial charge < -0.3 is 9.88 Å². The maximum Gasteiger partial charge on any atom is 0.251 e. The van der Waals surface area contributed by atoms with Crippen LogP contribution in [0.25, 0.3) is 22.2 Å². The highest BCUT2D eigenvalue weighted by Gasteiger charge is 2.29. The molecule has 2 aliphatic heterocycles. The van der Waals surface area contributed by atoms with E-state index in [1.165, 1.54) is 5.56 Å². The van der Waals surface area contributed by atoms with E-state index in [0.29, 0.717) is 0 Å². The van der Waals surface area contributed by atoms with Crippen LogP contribution in [0, 0.1) is 6.92 Å². The van der Waals surface area contributed by atoms with Crippen molar-refractivity contribution in [2.75, 3.05) is 5.32 Å². The molecule has 4 aromatic rings.